The van der Waals surface area contributed by atoms with E-state index in [0.717, 1.165) is 42.6 Å². The first-order chi connectivity index (χ1) is 19.6. The number of hydrogen-bond donors (Lipinski definition) is 0. The Morgan fingerprint density at radius 3 is 1.98 bits per heavy atom. The molecule has 2 aromatic rings. The van der Waals surface area contributed by atoms with Crippen LogP contribution in [0.3, 0.4) is 0 Å². The molecule has 3 aliphatic rings. The molecule has 5 rings (SSSR count). The Hall–Kier alpha value is -1.89. The van der Waals surface area contributed by atoms with Crippen LogP contribution >= 0.6 is 0 Å². The van der Waals surface area contributed by atoms with E-state index in [2.05, 4.69) is 56.3 Å². The van der Waals surface area contributed by atoms with Crippen LogP contribution < -0.4 is 0 Å². The zero-order valence-corrected chi connectivity index (χ0v) is 25.6. The number of benzene rings is 2. The molecule has 0 nitrogen and oxygen atoms in total. The van der Waals surface area contributed by atoms with Crippen LogP contribution in [-0.4, -0.2) is 0 Å². The minimum atomic E-state index is 0.00555. The highest BCUT2D eigenvalue weighted by molar-refractivity contribution is 5.67. The second kappa shape index (κ2) is 14.8. The smallest absolute Gasteiger partial charge is 0.130 e. The standard InChI is InChI=1S/C39H55F/c1-3-5-7-9-30-12-16-31(17-13-30)33-18-20-35(21-19-33)37-26-27-38(39(40)28-37)36-24-22-34(23-25-36)32-14-10-29(11-15-32)8-6-4-2/h10-11,14-15,24,26-28,30-31,33-35H,3-9,12-13,16-23,25H2,1-2H3. The van der Waals surface area contributed by atoms with Crippen molar-refractivity contribution in [1.29, 1.82) is 0 Å². The number of aryl methyl sites for hydroxylation is 1. The van der Waals surface area contributed by atoms with Crippen molar-refractivity contribution in [3.8, 4) is 0 Å². The largest absolute Gasteiger partial charge is 0.206 e. The summed E-state index contributed by atoms with van der Waals surface area (Å²) in [6.45, 7) is 4.57. The first kappa shape index (κ1) is 29.6. The molecule has 0 aromatic heterocycles. The average molecular weight is 543 g/mol. The summed E-state index contributed by atoms with van der Waals surface area (Å²) in [5, 5.41) is 0. The van der Waals surface area contributed by atoms with Gasteiger partial charge >= 0.3 is 0 Å². The summed E-state index contributed by atoms with van der Waals surface area (Å²) in [5.74, 6) is 4.01. The topological polar surface area (TPSA) is 0 Å². The minimum absolute atomic E-state index is 0.00555. The third-order valence-electron chi connectivity index (χ3n) is 11.0. The van der Waals surface area contributed by atoms with Gasteiger partial charge in [-0.25, -0.2) is 4.39 Å². The Morgan fingerprint density at radius 1 is 0.675 bits per heavy atom. The van der Waals surface area contributed by atoms with Gasteiger partial charge in [0.2, 0.25) is 0 Å². The third-order valence-corrected chi connectivity index (χ3v) is 11.0. The zero-order chi connectivity index (χ0) is 27.7. The van der Waals surface area contributed by atoms with E-state index in [4.69, 9.17) is 0 Å². The Bertz CT molecular complexity index is 1060. The third kappa shape index (κ3) is 7.68. The van der Waals surface area contributed by atoms with Crippen LogP contribution in [0.4, 0.5) is 4.39 Å². The quantitative estimate of drug-likeness (QED) is 0.248. The highest BCUT2D eigenvalue weighted by Gasteiger charge is 2.31. The molecule has 0 amide bonds. The van der Waals surface area contributed by atoms with Crippen LogP contribution in [0.5, 0.6) is 0 Å². The van der Waals surface area contributed by atoms with Gasteiger partial charge in [0.25, 0.3) is 0 Å². The SMILES string of the molecule is CCCCCC1CCC(C2CCC(c3ccc(C4=CCC(c5ccc(CCCC)cc5)CC4)c(F)c3)CC2)CC1. The van der Waals surface area contributed by atoms with Crippen molar-refractivity contribution in [2.45, 2.75) is 141 Å². The first-order valence-electron chi connectivity index (χ1n) is 17.2. The molecule has 2 aromatic carbocycles. The fraction of sp³-hybridized carbons (Fsp3) is 0.641. The van der Waals surface area contributed by atoms with E-state index in [0.29, 0.717) is 11.8 Å². The predicted molar refractivity (Wildman–Crippen MR) is 170 cm³/mol. The average Bonchev–Trinajstić information content (AvgIpc) is 3.01. The normalized spacial score (nSPS) is 27.4. The molecule has 1 unspecified atom stereocenters. The molecule has 1 atom stereocenters. The van der Waals surface area contributed by atoms with Crippen molar-refractivity contribution in [3.63, 3.8) is 0 Å². The molecule has 2 fully saturated rings. The molecule has 0 bridgehead atoms. The molecule has 218 valence electrons. The van der Waals surface area contributed by atoms with Gasteiger partial charge in [-0.05, 0) is 129 Å². The van der Waals surface area contributed by atoms with Crippen LogP contribution in [0, 0.1) is 23.6 Å². The fourth-order valence-electron chi connectivity index (χ4n) is 8.32. The zero-order valence-electron chi connectivity index (χ0n) is 25.6. The Labute approximate surface area is 245 Å². The Morgan fingerprint density at radius 2 is 1.35 bits per heavy atom. The van der Waals surface area contributed by atoms with E-state index >= 15 is 4.39 Å². The number of halogens is 1. The van der Waals surface area contributed by atoms with Gasteiger partial charge in [-0.2, -0.15) is 0 Å². The van der Waals surface area contributed by atoms with Gasteiger partial charge in [0.15, 0.2) is 0 Å². The highest BCUT2D eigenvalue weighted by Crippen LogP contribution is 2.45. The number of rotatable bonds is 11. The maximum atomic E-state index is 15.4. The van der Waals surface area contributed by atoms with Crippen LogP contribution in [0.1, 0.15) is 157 Å². The second-order valence-electron chi connectivity index (χ2n) is 13.7. The molecule has 0 spiro atoms. The van der Waals surface area contributed by atoms with E-state index in [1.54, 1.807) is 0 Å². The van der Waals surface area contributed by atoms with Crippen molar-refractivity contribution < 1.29 is 4.39 Å². The minimum Gasteiger partial charge on any atom is -0.206 e. The maximum Gasteiger partial charge on any atom is 0.130 e. The van der Waals surface area contributed by atoms with E-state index in [1.165, 1.54) is 119 Å². The van der Waals surface area contributed by atoms with E-state index in [9.17, 15) is 0 Å². The number of unbranched alkanes of at least 4 members (excludes halogenated alkanes) is 3. The lowest BCUT2D eigenvalue weighted by atomic mass is 9.68. The van der Waals surface area contributed by atoms with Gasteiger partial charge in [0.05, 0.1) is 0 Å². The van der Waals surface area contributed by atoms with Crippen LogP contribution in [0.2, 0.25) is 0 Å². The summed E-state index contributed by atoms with van der Waals surface area (Å²) in [7, 11) is 0. The van der Waals surface area contributed by atoms with Crippen molar-refractivity contribution in [1.82, 2.24) is 0 Å². The van der Waals surface area contributed by atoms with E-state index in [-0.39, 0.29) is 5.82 Å². The Balaban J connectivity index is 1.10. The van der Waals surface area contributed by atoms with Gasteiger partial charge in [0.1, 0.15) is 5.82 Å². The number of allylic oxidation sites excluding steroid dienone is 2. The van der Waals surface area contributed by atoms with Crippen molar-refractivity contribution in [2.24, 2.45) is 17.8 Å². The summed E-state index contributed by atoms with van der Waals surface area (Å²) in [6, 6.07) is 15.5. The molecule has 0 aliphatic heterocycles. The second-order valence-corrected chi connectivity index (χ2v) is 13.7. The predicted octanol–water partition coefficient (Wildman–Crippen LogP) is 12.2. The summed E-state index contributed by atoms with van der Waals surface area (Å²) in [6.07, 6.45) is 25.9. The molecule has 2 saturated carbocycles. The van der Waals surface area contributed by atoms with Crippen LogP contribution in [0.15, 0.2) is 48.5 Å². The highest BCUT2D eigenvalue weighted by atomic mass is 19.1. The van der Waals surface area contributed by atoms with Crippen molar-refractivity contribution in [3.05, 3.63) is 76.6 Å². The molecule has 0 radical (unpaired) electrons. The maximum absolute atomic E-state index is 15.4. The lowest BCUT2D eigenvalue weighted by Gasteiger charge is -2.38. The Kier molecular flexibility index (Phi) is 11.0. The monoisotopic (exact) mass is 542 g/mol. The number of hydrogen-bond acceptors (Lipinski definition) is 0. The molecule has 40 heavy (non-hydrogen) atoms. The lowest BCUT2D eigenvalue weighted by molar-refractivity contribution is 0.155. The van der Waals surface area contributed by atoms with E-state index in [1.807, 2.05) is 6.07 Å². The molecule has 1 heteroatoms. The summed E-state index contributed by atoms with van der Waals surface area (Å²) >= 11 is 0. The summed E-state index contributed by atoms with van der Waals surface area (Å²) in [4.78, 5) is 0. The molecular weight excluding hydrogens is 487 g/mol. The van der Waals surface area contributed by atoms with Gasteiger partial charge in [0, 0.05) is 5.56 Å². The molecule has 3 aliphatic carbocycles. The molecule has 0 N–H and O–H groups in total. The van der Waals surface area contributed by atoms with Crippen molar-refractivity contribution >= 4 is 5.57 Å². The van der Waals surface area contributed by atoms with Crippen molar-refractivity contribution in [2.75, 3.05) is 0 Å². The fourth-order valence-corrected chi connectivity index (χ4v) is 8.32. The van der Waals surface area contributed by atoms with Crippen LogP contribution in [0.25, 0.3) is 5.57 Å². The molecule has 0 saturated heterocycles. The lowest BCUT2D eigenvalue weighted by Crippen LogP contribution is -2.25. The van der Waals surface area contributed by atoms with Gasteiger partial charge in [-0.1, -0.05) is 101 Å². The van der Waals surface area contributed by atoms with Gasteiger partial charge in [-0.15, -0.1) is 0 Å². The molecule has 0 heterocycles. The summed E-state index contributed by atoms with van der Waals surface area (Å²) < 4.78 is 15.4. The summed E-state index contributed by atoms with van der Waals surface area (Å²) in [5.41, 5.74) is 6.21. The van der Waals surface area contributed by atoms with E-state index < -0.39 is 0 Å². The van der Waals surface area contributed by atoms with Crippen LogP contribution in [-0.2, 0) is 6.42 Å². The van der Waals surface area contributed by atoms with Gasteiger partial charge in [-0.3, -0.25) is 0 Å². The van der Waals surface area contributed by atoms with Gasteiger partial charge < -0.3 is 0 Å². The first-order valence-corrected chi connectivity index (χ1v) is 17.2. The molecular formula is C39H55F.